The first kappa shape index (κ1) is 11.9. The van der Waals surface area contributed by atoms with E-state index in [0.29, 0.717) is 5.92 Å². The van der Waals surface area contributed by atoms with Crippen LogP contribution in [0.3, 0.4) is 0 Å². The average Bonchev–Trinajstić information content (AvgIpc) is 2.26. The molecule has 0 aliphatic rings. The van der Waals surface area contributed by atoms with Gasteiger partial charge >= 0.3 is 0 Å². The van der Waals surface area contributed by atoms with E-state index in [4.69, 9.17) is 0 Å². The van der Waals surface area contributed by atoms with Crippen LogP contribution in [0.5, 0.6) is 0 Å². The van der Waals surface area contributed by atoms with Gasteiger partial charge in [0.2, 0.25) is 0 Å². The van der Waals surface area contributed by atoms with Crippen LogP contribution in [0.1, 0.15) is 31.1 Å². The molecule has 0 fully saturated rings. The number of ketones is 1. The van der Waals surface area contributed by atoms with Gasteiger partial charge in [-0.2, -0.15) is 0 Å². The lowest BCUT2D eigenvalue weighted by Gasteiger charge is -2.14. The Bertz CT molecular complexity index is 306. The van der Waals surface area contributed by atoms with E-state index in [1.807, 2.05) is 37.3 Å². The van der Waals surface area contributed by atoms with Crippen molar-refractivity contribution in [2.24, 2.45) is 5.92 Å². The standard InChI is InChI=1S/C13H19NO/c1-10(2)9-14-11(3)13(15)12-7-5-4-6-8-12/h4-8,10-11,14H,9H2,1-3H3. The number of hydrogen-bond acceptors (Lipinski definition) is 2. The smallest absolute Gasteiger partial charge is 0.179 e. The molecule has 0 aliphatic carbocycles. The third-order valence-corrected chi connectivity index (χ3v) is 2.28. The molecule has 0 heterocycles. The van der Waals surface area contributed by atoms with E-state index < -0.39 is 0 Å². The maximum atomic E-state index is 11.9. The van der Waals surface area contributed by atoms with Gasteiger partial charge in [0.25, 0.3) is 0 Å². The Kier molecular flexibility index (Phi) is 4.50. The van der Waals surface area contributed by atoms with Crippen LogP contribution in [-0.2, 0) is 0 Å². The SMILES string of the molecule is CC(C)CNC(C)C(=O)c1ccccc1. The highest BCUT2D eigenvalue weighted by Crippen LogP contribution is 2.03. The van der Waals surface area contributed by atoms with E-state index in [0.717, 1.165) is 12.1 Å². The Labute approximate surface area is 91.7 Å². The number of nitrogens with one attached hydrogen (secondary N) is 1. The highest BCUT2D eigenvalue weighted by molar-refractivity contribution is 5.99. The zero-order valence-corrected chi connectivity index (χ0v) is 9.66. The van der Waals surface area contributed by atoms with Gasteiger partial charge in [0.05, 0.1) is 6.04 Å². The lowest BCUT2D eigenvalue weighted by atomic mass is 10.1. The van der Waals surface area contributed by atoms with Gasteiger partial charge in [-0.05, 0) is 19.4 Å². The summed E-state index contributed by atoms with van der Waals surface area (Å²) in [6.07, 6.45) is 0. The third kappa shape index (κ3) is 3.84. The third-order valence-electron chi connectivity index (χ3n) is 2.28. The minimum absolute atomic E-state index is 0.102. The lowest BCUT2D eigenvalue weighted by Crippen LogP contribution is -2.36. The molecule has 0 amide bonds. The second-order valence-electron chi connectivity index (χ2n) is 4.25. The molecule has 0 bridgehead atoms. The van der Waals surface area contributed by atoms with Crippen molar-refractivity contribution in [2.75, 3.05) is 6.54 Å². The molecule has 82 valence electrons. The molecular formula is C13H19NO. The van der Waals surface area contributed by atoms with Crippen LogP contribution in [-0.4, -0.2) is 18.4 Å². The minimum Gasteiger partial charge on any atom is -0.307 e. The Balaban J connectivity index is 2.54. The monoisotopic (exact) mass is 205 g/mol. The van der Waals surface area contributed by atoms with E-state index in [-0.39, 0.29) is 11.8 Å². The lowest BCUT2D eigenvalue weighted by molar-refractivity contribution is 0.0949. The van der Waals surface area contributed by atoms with Gasteiger partial charge in [-0.15, -0.1) is 0 Å². The van der Waals surface area contributed by atoms with Crippen LogP contribution < -0.4 is 5.32 Å². The first-order chi connectivity index (χ1) is 7.11. The molecule has 0 aliphatic heterocycles. The van der Waals surface area contributed by atoms with Crippen LogP contribution in [0.2, 0.25) is 0 Å². The molecule has 0 aromatic heterocycles. The summed E-state index contributed by atoms with van der Waals surface area (Å²) in [6.45, 7) is 7.05. The molecule has 1 aromatic carbocycles. The fourth-order valence-electron chi connectivity index (χ4n) is 1.36. The Morgan fingerprint density at radius 1 is 1.20 bits per heavy atom. The topological polar surface area (TPSA) is 29.1 Å². The molecule has 1 atom stereocenters. The summed E-state index contributed by atoms with van der Waals surface area (Å²) in [6, 6.07) is 9.31. The molecule has 2 heteroatoms. The van der Waals surface area contributed by atoms with Crippen LogP contribution in [0, 0.1) is 5.92 Å². The maximum Gasteiger partial charge on any atom is 0.179 e. The van der Waals surface area contributed by atoms with Gasteiger partial charge < -0.3 is 5.32 Å². The van der Waals surface area contributed by atoms with Crippen molar-refractivity contribution in [3.63, 3.8) is 0 Å². The highest BCUT2D eigenvalue weighted by atomic mass is 16.1. The Morgan fingerprint density at radius 3 is 2.33 bits per heavy atom. The predicted octanol–water partition coefficient (Wildman–Crippen LogP) is 2.50. The van der Waals surface area contributed by atoms with Gasteiger partial charge in [0.1, 0.15) is 0 Å². The fourth-order valence-corrected chi connectivity index (χ4v) is 1.36. The van der Waals surface area contributed by atoms with E-state index in [1.54, 1.807) is 0 Å². The molecule has 2 nitrogen and oxygen atoms in total. The summed E-state index contributed by atoms with van der Waals surface area (Å²) >= 11 is 0. The van der Waals surface area contributed by atoms with Gasteiger partial charge in [0.15, 0.2) is 5.78 Å². The molecule has 0 saturated carbocycles. The minimum atomic E-state index is -0.102. The molecule has 1 aromatic rings. The molecular weight excluding hydrogens is 186 g/mol. The van der Waals surface area contributed by atoms with Crippen molar-refractivity contribution in [3.8, 4) is 0 Å². The van der Waals surface area contributed by atoms with Crippen molar-refractivity contribution in [1.82, 2.24) is 5.32 Å². The summed E-state index contributed by atoms with van der Waals surface area (Å²) in [7, 11) is 0. The van der Waals surface area contributed by atoms with E-state index >= 15 is 0 Å². The highest BCUT2D eigenvalue weighted by Gasteiger charge is 2.13. The molecule has 15 heavy (non-hydrogen) atoms. The van der Waals surface area contributed by atoms with Crippen LogP contribution in [0.25, 0.3) is 0 Å². The zero-order valence-electron chi connectivity index (χ0n) is 9.66. The second-order valence-corrected chi connectivity index (χ2v) is 4.25. The van der Waals surface area contributed by atoms with Gasteiger partial charge in [-0.25, -0.2) is 0 Å². The van der Waals surface area contributed by atoms with Crippen molar-refractivity contribution < 1.29 is 4.79 Å². The number of rotatable bonds is 5. The molecule has 1 unspecified atom stereocenters. The van der Waals surface area contributed by atoms with Gasteiger partial charge in [0, 0.05) is 5.56 Å². The average molecular weight is 205 g/mol. The fraction of sp³-hybridized carbons (Fsp3) is 0.462. The van der Waals surface area contributed by atoms with Crippen molar-refractivity contribution in [3.05, 3.63) is 35.9 Å². The predicted molar refractivity (Wildman–Crippen MR) is 63.1 cm³/mol. The van der Waals surface area contributed by atoms with Crippen LogP contribution in [0.15, 0.2) is 30.3 Å². The summed E-state index contributed by atoms with van der Waals surface area (Å²) in [5, 5.41) is 3.23. The quantitative estimate of drug-likeness (QED) is 0.748. The number of carbonyl (C=O) groups is 1. The molecule has 0 spiro atoms. The number of benzene rings is 1. The first-order valence-corrected chi connectivity index (χ1v) is 5.44. The number of hydrogen-bond donors (Lipinski definition) is 1. The molecule has 1 N–H and O–H groups in total. The van der Waals surface area contributed by atoms with Crippen LogP contribution >= 0.6 is 0 Å². The van der Waals surface area contributed by atoms with Gasteiger partial charge in [-0.3, -0.25) is 4.79 Å². The van der Waals surface area contributed by atoms with Gasteiger partial charge in [-0.1, -0.05) is 44.2 Å². The van der Waals surface area contributed by atoms with E-state index in [2.05, 4.69) is 19.2 Å². The van der Waals surface area contributed by atoms with Crippen LogP contribution in [0.4, 0.5) is 0 Å². The molecule has 1 rings (SSSR count). The summed E-state index contributed by atoms with van der Waals surface area (Å²) in [5.41, 5.74) is 0.779. The van der Waals surface area contributed by atoms with E-state index in [1.165, 1.54) is 0 Å². The number of Topliss-reactive ketones (excluding diaryl/α,β-unsaturated/α-hetero) is 1. The zero-order chi connectivity index (χ0) is 11.3. The first-order valence-electron chi connectivity index (χ1n) is 5.44. The normalized spacial score (nSPS) is 12.8. The molecule has 0 radical (unpaired) electrons. The van der Waals surface area contributed by atoms with Crippen molar-refractivity contribution in [1.29, 1.82) is 0 Å². The second kappa shape index (κ2) is 5.66. The summed E-state index contributed by atoms with van der Waals surface area (Å²) in [4.78, 5) is 11.9. The Hall–Kier alpha value is -1.15. The maximum absolute atomic E-state index is 11.9. The summed E-state index contributed by atoms with van der Waals surface area (Å²) in [5.74, 6) is 0.729. The van der Waals surface area contributed by atoms with Crippen molar-refractivity contribution >= 4 is 5.78 Å². The largest absolute Gasteiger partial charge is 0.307 e. The Morgan fingerprint density at radius 2 is 1.80 bits per heavy atom. The molecule has 0 saturated heterocycles. The summed E-state index contributed by atoms with van der Waals surface area (Å²) < 4.78 is 0. The van der Waals surface area contributed by atoms with Crippen molar-refractivity contribution in [2.45, 2.75) is 26.8 Å². The van der Waals surface area contributed by atoms with E-state index in [9.17, 15) is 4.79 Å². The number of carbonyl (C=O) groups excluding carboxylic acids is 1.